The molecule has 20 heavy (non-hydrogen) atoms. The van der Waals surface area contributed by atoms with E-state index in [0.717, 1.165) is 24.5 Å². The van der Waals surface area contributed by atoms with Gasteiger partial charge in [0.05, 0.1) is 5.02 Å². The molecule has 3 rings (SSSR count). The lowest BCUT2D eigenvalue weighted by molar-refractivity contribution is 0.110. The first-order valence-electron chi connectivity index (χ1n) is 7.30. The van der Waals surface area contributed by atoms with Gasteiger partial charge in [-0.25, -0.2) is 0 Å². The van der Waals surface area contributed by atoms with Gasteiger partial charge in [-0.05, 0) is 25.3 Å². The Labute approximate surface area is 129 Å². The van der Waals surface area contributed by atoms with E-state index in [1.54, 1.807) is 11.3 Å². The molecule has 2 nitrogen and oxygen atoms in total. The molecule has 0 spiro atoms. The van der Waals surface area contributed by atoms with E-state index in [0.29, 0.717) is 6.04 Å². The summed E-state index contributed by atoms with van der Waals surface area (Å²) in [5, 5.41) is 11.2. The molecule has 0 unspecified atom stereocenters. The molecule has 0 amide bonds. The van der Waals surface area contributed by atoms with Gasteiger partial charge in [0, 0.05) is 40.7 Å². The van der Waals surface area contributed by atoms with Crippen molar-refractivity contribution in [2.45, 2.75) is 38.3 Å². The van der Waals surface area contributed by atoms with Crippen molar-refractivity contribution in [3.05, 3.63) is 34.2 Å². The van der Waals surface area contributed by atoms with Gasteiger partial charge in [0.2, 0.25) is 0 Å². The van der Waals surface area contributed by atoms with E-state index < -0.39 is 0 Å². The number of benzene rings is 1. The smallest absolute Gasteiger partial charge is 0.0637 e. The van der Waals surface area contributed by atoms with Crippen LogP contribution in [-0.4, -0.2) is 29.2 Å². The lowest BCUT2D eigenvalue weighted by Crippen LogP contribution is -2.40. The molecule has 0 atom stereocenters. The van der Waals surface area contributed by atoms with Crippen molar-refractivity contribution in [3.8, 4) is 0 Å². The predicted octanol–water partition coefficient (Wildman–Crippen LogP) is 4.29. The Balaban J connectivity index is 1.80. The van der Waals surface area contributed by atoms with Crippen LogP contribution in [0.15, 0.2) is 24.3 Å². The average molecular weight is 310 g/mol. The van der Waals surface area contributed by atoms with Gasteiger partial charge < -0.3 is 5.11 Å². The standard InChI is InChI=1S/C16H20ClNOS/c17-16-13-7-1-2-8-14(13)20-15(16)11-18(9-4-10-19)12-5-3-6-12/h1-2,7-8,12,19H,3-6,9-11H2. The second-order valence-electron chi connectivity index (χ2n) is 5.47. The number of thiophene rings is 1. The summed E-state index contributed by atoms with van der Waals surface area (Å²) >= 11 is 8.34. The molecule has 1 aromatic heterocycles. The molecule has 0 saturated heterocycles. The topological polar surface area (TPSA) is 23.5 Å². The first-order valence-corrected chi connectivity index (χ1v) is 8.50. The molecule has 4 heteroatoms. The molecule has 0 radical (unpaired) electrons. The maximum Gasteiger partial charge on any atom is 0.0637 e. The van der Waals surface area contributed by atoms with Gasteiger partial charge in [0.1, 0.15) is 0 Å². The van der Waals surface area contributed by atoms with Gasteiger partial charge in [0.15, 0.2) is 0 Å². The zero-order chi connectivity index (χ0) is 13.9. The summed E-state index contributed by atoms with van der Waals surface area (Å²) in [5.41, 5.74) is 0. The summed E-state index contributed by atoms with van der Waals surface area (Å²) in [6.07, 6.45) is 4.75. The van der Waals surface area contributed by atoms with E-state index in [1.807, 2.05) is 6.07 Å². The van der Waals surface area contributed by atoms with E-state index in [9.17, 15) is 0 Å². The van der Waals surface area contributed by atoms with Crippen molar-refractivity contribution in [2.75, 3.05) is 13.2 Å². The molecule has 0 aliphatic heterocycles. The van der Waals surface area contributed by atoms with E-state index >= 15 is 0 Å². The Morgan fingerprint density at radius 3 is 2.75 bits per heavy atom. The minimum Gasteiger partial charge on any atom is -0.396 e. The third-order valence-corrected chi connectivity index (χ3v) is 5.84. The molecule has 1 aliphatic carbocycles. The van der Waals surface area contributed by atoms with E-state index in [-0.39, 0.29) is 6.61 Å². The SMILES string of the molecule is OCCCN(Cc1sc2ccccc2c1Cl)C1CCC1. The van der Waals surface area contributed by atoms with Gasteiger partial charge in [0.25, 0.3) is 0 Å². The van der Waals surface area contributed by atoms with Crippen molar-refractivity contribution >= 4 is 33.0 Å². The zero-order valence-corrected chi connectivity index (χ0v) is 13.1. The fourth-order valence-electron chi connectivity index (χ4n) is 2.77. The summed E-state index contributed by atoms with van der Waals surface area (Å²) in [7, 11) is 0. The van der Waals surface area contributed by atoms with Crippen molar-refractivity contribution in [1.82, 2.24) is 4.90 Å². The van der Waals surface area contributed by atoms with Crippen LogP contribution in [0.2, 0.25) is 5.02 Å². The minimum atomic E-state index is 0.267. The summed E-state index contributed by atoms with van der Waals surface area (Å²) < 4.78 is 1.27. The highest BCUT2D eigenvalue weighted by atomic mass is 35.5. The van der Waals surface area contributed by atoms with Crippen LogP contribution >= 0.6 is 22.9 Å². The lowest BCUT2D eigenvalue weighted by Gasteiger charge is -2.37. The fraction of sp³-hybridized carbons (Fsp3) is 0.500. The maximum absolute atomic E-state index is 9.07. The number of aliphatic hydroxyl groups is 1. The minimum absolute atomic E-state index is 0.267. The number of nitrogens with zero attached hydrogens (tertiary/aromatic N) is 1. The van der Waals surface area contributed by atoms with Crippen LogP contribution in [0.4, 0.5) is 0 Å². The molecule has 1 fully saturated rings. The Morgan fingerprint density at radius 2 is 2.10 bits per heavy atom. The highest BCUT2D eigenvalue weighted by molar-refractivity contribution is 7.19. The largest absolute Gasteiger partial charge is 0.396 e. The highest BCUT2D eigenvalue weighted by Gasteiger charge is 2.25. The van der Waals surface area contributed by atoms with Crippen molar-refractivity contribution in [1.29, 1.82) is 0 Å². The van der Waals surface area contributed by atoms with Crippen molar-refractivity contribution < 1.29 is 5.11 Å². The molecule has 0 bridgehead atoms. The summed E-state index contributed by atoms with van der Waals surface area (Å²) in [6, 6.07) is 9.02. The molecule has 2 aromatic rings. The van der Waals surface area contributed by atoms with Crippen LogP contribution < -0.4 is 0 Å². The Kier molecular flexibility index (Phi) is 4.61. The number of halogens is 1. The Bertz CT molecular complexity index is 579. The van der Waals surface area contributed by atoms with Crippen LogP contribution in [0.3, 0.4) is 0 Å². The zero-order valence-electron chi connectivity index (χ0n) is 11.5. The van der Waals surface area contributed by atoms with Crippen LogP contribution in [0.5, 0.6) is 0 Å². The number of fused-ring (bicyclic) bond motifs is 1. The van der Waals surface area contributed by atoms with Gasteiger partial charge >= 0.3 is 0 Å². The number of aliphatic hydroxyl groups excluding tert-OH is 1. The number of hydrogen-bond acceptors (Lipinski definition) is 3. The summed E-state index contributed by atoms with van der Waals surface area (Å²) in [4.78, 5) is 3.76. The van der Waals surface area contributed by atoms with E-state index in [2.05, 4.69) is 23.1 Å². The van der Waals surface area contributed by atoms with E-state index in [4.69, 9.17) is 16.7 Å². The maximum atomic E-state index is 9.07. The molecule has 108 valence electrons. The molecule has 1 saturated carbocycles. The second-order valence-corrected chi connectivity index (χ2v) is 6.98. The monoisotopic (exact) mass is 309 g/mol. The van der Waals surface area contributed by atoms with Gasteiger partial charge in [-0.15, -0.1) is 11.3 Å². The van der Waals surface area contributed by atoms with Gasteiger partial charge in [-0.1, -0.05) is 36.2 Å². The van der Waals surface area contributed by atoms with Crippen molar-refractivity contribution in [3.63, 3.8) is 0 Å². The first kappa shape index (κ1) is 14.3. The second kappa shape index (κ2) is 6.44. The fourth-order valence-corrected chi connectivity index (χ4v) is 4.29. The average Bonchev–Trinajstić information content (AvgIpc) is 2.71. The molecular weight excluding hydrogens is 290 g/mol. The predicted molar refractivity (Wildman–Crippen MR) is 86.6 cm³/mol. The Hall–Kier alpha value is -0.610. The molecular formula is C16H20ClNOS. The van der Waals surface area contributed by atoms with Crippen LogP contribution in [0, 0.1) is 0 Å². The summed E-state index contributed by atoms with van der Waals surface area (Å²) in [5.74, 6) is 0. The third-order valence-electron chi connectivity index (χ3n) is 4.14. The molecule has 1 aliphatic rings. The van der Waals surface area contributed by atoms with Crippen molar-refractivity contribution in [2.24, 2.45) is 0 Å². The number of rotatable bonds is 6. The third kappa shape index (κ3) is 2.86. The first-order chi connectivity index (χ1) is 9.79. The van der Waals surface area contributed by atoms with Gasteiger partial charge in [-0.2, -0.15) is 0 Å². The van der Waals surface area contributed by atoms with Crippen LogP contribution in [0.1, 0.15) is 30.6 Å². The van der Waals surface area contributed by atoms with E-state index in [1.165, 1.54) is 34.2 Å². The highest BCUT2D eigenvalue weighted by Crippen LogP contribution is 2.37. The summed E-state index contributed by atoms with van der Waals surface area (Å²) in [6.45, 7) is 2.15. The number of hydrogen-bond donors (Lipinski definition) is 1. The van der Waals surface area contributed by atoms with Gasteiger partial charge in [-0.3, -0.25) is 4.90 Å². The lowest BCUT2D eigenvalue weighted by atomic mass is 9.91. The normalized spacial score (nSPS) is 15.9. The van der Waals surface area contributed by atoms with Crippen LogP contribution in [0.25, 0.3) is 10.1 Å². The van der Waals surface area contributed by atoms with Crippen LogP contribution in [-0.2, 0) is 6.54 Å². The quantitative estimate of drug-likeness (QED) is 0.860. The molecule has 1 heterocycles. The Morgan fingerprint density at radius 1 is 1.30 bits per heavy atom. The molecule has 1 aromatic carbocycles. The molecule has 1 N–H and O–H groups in total.